The number of aliphatic hydroxyl groups excluding tert-OH is 1. The van der Waals surface area contributed by atoms with Crippen LogP contribution in [-0.4, -0.2) is 28.1 Å². The highest BCUT2D eigenvalue weighted by Gasteiger charge is 2.42. The molecule has 1 saturated carbocycles. The van der Waals surface area contributed by atoms with E-state index in [1.165, 1.54) is 12.3 Å². The minimum absolute atomic E-state index is 0.0836. The molecule has 0 radical (unpaired) electrons. The van der Waals surface area contributed by atoms with Gasteiger partial charge in [0.25, 0.3) is 5.91 Å². The first-order chi connectivity index (χ1) is 8.59. The van der Waals surface area contributed by atoms with E-state index in [2.05, 4.69) is 10.3 Å². The van der Waals surface area contributed by atoms with Crippen LogP contribution >= 0.6 is 0 Å². The van der Waals surface area contributed by atoms with Gasteiger partial charge in [0.2, 0.25) is 0 Å². The van der Waals surface area contributed by atoms with Gasteiger partial charge in [0, 0.05) is 6.20 Å². The lowest BCUT2D eigenvalue weighted by molar-refractivity contribution is 0.0819. The Kier molecular flexibility index (Phi) is 3.30. The van der Waals surface area contributed by atoms with Gasteiger partial charge in [-0.25, -0.2) is 4.98 Å². The van der Waals surface area contributed by atoms with Gasteiger partial charge in [0.15, 0.2) is 0 Å². The van der Waals surface area contributed by atoms with Crippen LogP contribution in [0.1, 0.15) is 35.8 Å². The Labute approximate surface area is 105 Å². The van der Waals surface area contributed by atoms with Crippen molar-refractivity contribution in [3.05, 3.63) is 29.6 Å². The number of hydrogen-bond acceptors (Lipinski definition) is 4. The second kappa shape index (κ2) is 4.75. The molecule has 0 spiro atoms. The average molecular weight is 245 g/mol. The largest absolute Gasteiger partial charge is 0.394 e. The molecule has 18 heavy (non-hydrogen) atoms. The normalized spacial score (nSPS) is 17.6. The Bertz CT molecular complexity index is 488. The van der Waals surface area contributed by atoms with Crippen LogP contribution in [0.25, 0.3) is 0 Å². The number of nitrogens with zero attached hydrogens (tertiary/aromatic N) is 2. The zero-order valence-electron chi connectivity index (χ0n) is 10.2. The number of aromatic nitrogens is 1. The topological polar surface area (TPSA) is 86.0 Å². The van der Waals surface area contributed by atoms with Gasteiger partial charge in [-0.15, -0.1) is 0 Å². The molecule has 5 nitrogen and oxygen atoms in total. The zero-order chi connectivity index (χ0) is 13.2. The molecule has 2 rings (SSSR count). The molecule has 1 aromatic heterocycles. The molecule has 1 unspecified atom stereocenters. The summed E-state index contributed by atoms with van der Waals surface area (Å²) >= 11 is 0. The second-order valence-electron chi connectivity index (χ2n) is 4.85. The maximum Gasteiger partial charge on any atom is 0.270 e. The lowest BCUT2D eigenvalue weighted by atomic mass is 9.97. The van der Waals surface area contributed by atoms with Gasteiger partial charge in [-0.1, -0.05) is 0 Å². The molecule has 2 N–H and O–H groups in total. The van der Waals surface area contributed by atoms with Crippen molar-refractivity contribution in [2.75, 3.05) is 6.61 Å². The van der Waals surface area contributed by atoms with E-state index in [0.717, 1.165) is 12.8 Å². The van der Waals surface area contributed by atoms with Gasteiger partial charge >= 0.3 is 0 Å². The number of nitrogens with one attached hydrogen (secondary N) is 1. The third-order valence-electron chi connectivity index (χ3n) is 3.33. The van der Waals surface area contributed by atoms with Crippen molar-refractivity contribution in [1.82, 2.24) is 10.3 Å². The fourth-order valence-corrected chi connectivity index (χ4v) is 1.91. The summed E-state index contributed by atoms with van der Waals surface area (Å²) in [7, 11) is 0. The quantitative estimate of drug-likeness (QED) is 0.823. The van der Waals surface area contributed by atoms with Gasteiger partial charge in [-0.3, -0.25) is 4.79 Å². The van der Waals surface area contributed by atoms with Gasteiger partial charge in [0.05, 0.1) is 17.7 Å². The molecule has 1 aromatic rings. The monoisotopic (exact) mass is 245 g/mol. The summed E-state index contributed by atoms with van der Waals surface area (Å²) in [4.78, 5) is 15.9. The summed E-state index contributed by atoms with van der Waals surface area (Å²) in [6.45, 7) is 1.76. The third-order valence-corrected chi connectivity index (χ3v) is 3.33. The summed E-state index contributed by atoms with van der Waals surface area (Å²) in [5.74, 6) is 0.0211. The molecule has 1 atom stereocenters. The Morgan fingerprint density at radius 2 is 2.39 bits per heavy atom. The molecular weight excluding hydrogens is 230 g/mol. The SMILES string of the molecule is CC(CO)(NC(=O)c1ccc(C#N)cn1)C1CC1. The standard InChI is InChI=1S/C13H15N3O2/c1-13(8-17,10-3-4-10)16-12(18)11-5-2-9(6-14)7-15-11/h2,5,7,10,17H,3-4,8H2,1H3,(H,16,18). The molecule has 1 heterocycles. The lowest BCUT2D eigenvalue weighted by Crippen LogP contribution is -2.50. The van der Waals surface area contributed by atoms with Crippen LogP contribution in [-0.2, 0) is 0 Å². The fraction of sp³-hybridized carbons (Fsp3) is 0.462. The predicted molar refractivity (Wildman–Crippen MR) is 64.6 cm³/mol. The molecule has 1 amide bonds. The van der Waals surface area contributed by atoms with Crippen LogP contribution in [0, 0.1) is 17.2 Å². The van der Waals surface area contributed by atoms with Crippen LogP contribution in [0.2, 0.25) is 0 Å². The number of amides is 1. The molecular formula is C13H15N3O2. The van der Waals surface area contributed by atoms with Gasteiger partial charge < -0.3 is 10.4 Å². The minimum atomic E-state index is -0.577. The van der Waals surface area contributed by atoms with Crippen LogP contribution in [0.4, 0.5) is 0 Å². The lowest BCUT2D eigenvalue weighted by Gasteiger charge is -2.28. The highest BCUT2D eigenvalue weighted by Crippen LogP contribution is 2.39. The molecule has 0 bridgehead atoms. The maximum atomic E-state index is 12.0. The molecule has 0 saturated heterocycles. The summed E-state index contributed by atoms with van der Waals surface area (Å²) in [5, 5.41) is 20.9. The zero-order valence-corrected chi connectivity index (χ0v) is 10.2. The van der Waals surface area contributed by atoms with Crippen molar-refractivity contribution >= 4 is 5.91 Å². The number of pyridine rings is 1. The van der Waals surface area contributed by atoms with Crippen molar-refractivity contribution in [2.24, 2.45) is 5.92 Å². The predicted octanol–water partition coefficient (Wildman–Crippen LogP) is 0.844. The van der Waals surface area contributed by atoms with Gasteiger partial charge in [0.1, 0.15) is 11.8 Å². The van der Waals surface area contributed by atoms with E-state index in [1.54, 1.807) is 6.07 Å². The number of aliphatic hydroxyl groups is 1. The number of rotatable bonds is 4. The van der Waals surface area contributed by atoms with E-state index in [4.69, 9.17) is 5.26 Å². The number of nitriles is 1. The molecule has 1 aliphatic rings. The Morgan fingerprint density at radius 1 is 1.67 bits per heavy atom. The van der Waals surface area contributed by atoms with E-state index >= 15 is 0 Å². The summed E-state index contributed by atoms with van der Waals surface area (Å²) < 4.78 is 0. The molecule has 0 aromatic carbocycles. The van der Waals surface area contributed by atoms with E-state index in [9.17, 15) is 9.90 Å². The van der Waals surface area contributed by atoms with E-state index in [-0.39, 0.29) is 18.2 Å². The fourth-order valence-electron chi connectivity index (χ4n) is 1.91. The third kappa shape index (κ3) is 2.49. The van der Waals surface area contributed by atoms with Crippen molar-refractivity contribution in [2.45, 2.75) is 25.3 Å². The van der Waals surface area contributed by atoms with Crippen molar-refractivity contribution in [3.8, 4) is 6.07 Å². The number of carbonyl (C=O) groups excluding carboxylic acids is 1. The molecule has 0 aliphatic heterocycles. The highest BCUT2D eigenvalue weighted by molar-refractivity contribution is 5.92. The minimum Gasteiger partial charge on any atom is -0.394 e. The van der Waals surface area contributed by atoms with Crippen LogP contribution < -0.4 is 5.32 Å². The summed E-state index contributed by atoms with van der Waals surface area (Å²) in [6, 6.07) is 5.01. The van der Waals surface area contributed by atoms with Crippen molar-refractivity contribution in [1.29, 1.82) is 5.26 Å². The van der Waals surface area contributed by atoms with Crippen LogP contribution in [0.5, 0.6) is 0 Å². The molecule has 94 valence electrons. The van der Waals surface area contributed by atoms with Gasteiger partial charge in [-0.2, -0.15) is 5.26 Å². The Hall–Kier alpha value is -1.93. The first-order valence-electron chi connectivity index (χ1n) is 5.88. The molecule has 1 fully saturated rings. The Morgan fingerprint density at radius 3 is 2.83 bits per heavy atom. The number of carbonyl (C=O) groups is 1. The van der Waals surface area contributed by atoms with E-state index in [1.807, 2.05) is 13.0 Å². The average Bonchev–Trinajstić information content (AvgIpc) is 3.23. The highest BCUT2D eigenvalue weighted by atomic mass is 16.3. The Balaban J connectivity index is 2.09. The second-order valence-corrected chi connectivity index (χ2v) is 4.85. The molecule has 1 aliphatic carbocycles. The van der Waals surface area contributed by atoms with Crippen molar-refractivity contribution < 1.29 is 9.90 Å². The molecule has 5 heteroatoms. The first kappa shape index (κ1) is 12.5. The smallest absolute Gasteiger partial charge is 0.270 e. The summed E-state index contributed by atoms with van der Waals surface area (Å²) in [5.41, 5.74) is 0.0973. The van der Waals surface area contributed by atoms with Gasteiger partial charge in [-0.05, 0) is 37.8 Å². The van der Waals surface area contributed by atoms with Crippen LogP contribution in [0.3, 0.4) is 0 Å². The van der Waals surface area contributed by atoms with Crippen molar-refractivity contribution in [3.63, 3.8) is 0 Å². The first-order valence-corrected chi connectivity index (χ1v) is 5.88. The van der Waals surface area contributed by atoms with Crippen LogP contribution in [0.15, 0.2) is 18.3 Å². The van der Waals surface area contributed by atoms with E-state index < -0.39 is 5.54 Å². The van der Waals surface area contributed by atoms with E-state index in [0.29, 0.717) is 11.5 Å². The maximum absolute atomic E-state index is 12.0. The summed E-state index contributed by atoms with van der Waals surface area (Å²) in [6.07, 6.45) is 3.42. The number of hydrogen-bond donors (Lipinski definition) is 2.